The molecule has 0 aromatic heterocycles. The van der Waals surface area contributed by atoms with E-state index in [-0.39, 0.29) is 23.1 Å². The van der Waals surface area contributed by atoms with Gasteiger partial charge in [0.1, 0.15) is 23.4 Å². The zero-order chi connectivity index (χ0) is 23.4. The first-order chi connectivity index (χ1) is 15.2. The Morgan fingerprint density at radius 3 is 2.44 bits per heavy atom. The molecular formula is C24H21ClO7. The Morgan fingerprint density at radius 2 is 1.78 bits per heavy atom. The molecule has 1 aliphatic carbocycles. The molecule has 8 heteroatoms. The van der Waals surface area contributed by atoms with Gasteiger partial charge in [0.2, 0.25) is 0 Å². The van der Waals surface area contributed by atoms with E-state index in [9.17, 15) is 24.6 Å². The van der Waals surface area contributed by atoms with Crippen molar-refractivity contribution in [3.05, 3.63) is 75.8 Å². The third kappa shape index (κ3) is 5.18. The van der Waals surface area contributed by atoms with E-state index in [1.165, 1.54) is 6.07 Å². The normalized spacial score (nSPS) is 13.7. The number of rotatable bonds is 7. The van der Waals surface area contributed by atoms with Crippen LogP contribution in [0.4, 0.5) is 0 Å². The van der Waals surface area contributed by atoms with E-state index in [0.717, 1.165) is 23.8 Å². The van der Waals surface area contributed by atoms with E-state index in [2.05, 4.69) is 0 Å². The van der Waals surface area contributed by atoms with E-state index in [1.807, 2.05) is 13.8 Å². The quantitative estimate of drug-likeness (QED) is 0.361. The molecule has 1 aliphatic rings. The van der Waals surface area contributed by atoms with Crippen LogP contribution in [0.2, 0.25) is 5.02 Å². The number of phenols is 2. The van der Waals surface area contributed by atoms with Gasteiger partial charge in [-0.1, -0.05) is 29.3 Å². The second kappa shape index (κ2) is 9.70. The van der Waals surface area contributed by atoms with Crippen LogP contribution in [0.25, 0.3) is 0 Å². The molecule has 166 valence electrons. The maximum absolute atomic E-state index is 13.1. The van der Waals surface area contributed by atoms with Crippen molar-refractivity contribution in [2.24, 2.45) is 0 Å². The number of benzene rings is 2. The summed E-state index contributed by atoms with van der Waals surface area (Å²) in [4.78, 5) is 38.1. The molecule has 2 N–H and O–H groups in total. The van der Waals surface area contributed by atoms with Crippen LogP contribution in [-0.4, -0.2) is 40.5 Å². The summed E-state index contributed by atoms with van der Waals surface area (Å²) in [6.07, 6.45) is 1.82. The molecule has 0 saturated carbocycles. The third-order valence-corrected chi connectivity index (χ3v) is 4.93. The Morgan fingerprint density at radius 1 is 1.09 bits per heavy atom. The van der Waals surface area contributed by atoms with Crippen molar-refractivity contribution in [2.45, 2.75) is 26.4 Å². The van der Waals surface area contributed by atoms with Crippen molar-refractivity contribution < 1.29 is 34.1 Å². The molecule has 32 heavy (non-hydrogen) atoms. The fraction of sp³-hybridized carbons (Fsp3) is 0.208. The van der Waals surface area contributed by atoms with E-state index >= 15 is 0 Å². The SMILES string of the molecule is CC(C)=CC[C@@H](OC(=O)COc1cccc(Cl)c1)C1=CC(=O)c2c(O)ccc(O)c2C1=O. The summed E-state index contributed by atoms with van der Waals surface area (Å²) >= 11 is 5.89. The highest BCUT2D eigenvalue weighted by Crippen LogP contribution is 2.36. The molecule has 0 aliphatic heterocycles. The molecule has 2 aromatic rings. The summed E-state index contributed by atoms with van der Waals surface area (Å²) in [5.41, 5.74) is 0.213. The lowest BCUT2D eigenvalue weighted by Gasteiger charge is -2.23. The standard InChI is InChI=1S/C24H21ClO7/c1-13(2)6-9-20(32-21(29)12-31-15-5-3-4-14(25)10-15)16-11-19(28)22-17(26)7-8-18(27)23(22)24(16)30/h3-8,10-11,20,26-27H,9,12H2,1-2H3/t20-/m1/s1. The van der Waals surface area contributed by atoms with Crippen molar-refractivity contribution in [2.75, 3.05) is 6.61 Å². The van der Waals surface area contributed by atoms with Crippen LogP contribution in [0.15, 0.2) is 59.7 Å². The van der Waals surface area contributed by atoms with Crippen LogP contribution >= 0.6 is 11.6 Å². The smallest absolute Gasteiger partial charge is 0.344 e. The van der Waals surface area contributed by atoms with Crippen LogP contribution in [0.1, 0.15) is 41.0 Å². The minimum absolute atomic E-state index is 0.1000. The second-order valence-electron chi connectivity index (χ2n) is 7.39. The lowest BCUT2D eigenvalue weighted by Crippen LogP contribution is -2.30. The monoisotopic (exact) mass is 456 g/mol. The van der Waals surface area contributed by atoms with Gasteiger partial charge in [0, 0.05) is 17.0 Å². The van der Waals surface area contributed by atoms with Crippen LogP contribution in [-0.2, 0) is 9.53 Å². The Hall–Kier alpha value is -3.58. The van der Waals surface area contributed by atoms with Crippen molar-refractivity contribution in [1.82, 2.24) is 0 Å². The number of hydrogen-bond donors (Lipinski definition) is 2. The average molecular weight is 457 g/mol. The molecule has 0 radical (unpaired) electrons. The summed E-state index contributed by atoms with van der Waals surface area (Å²) in [7, 11) is 0. The average Bonchev–Trinajstić information content (AvgIpc) is 2.74. The van der Waals surface area contributed by atoms with Crippen molar-refractivity contribution >= 4 is 29.1 Å². The highest BCUT2D eigenvalue weighted by atomic mass is 35.5. The Balaban J connectivity index is 1.84. The number of phenolic OH excluding ortho intramolecular Hbond substituents is 2. The van der Waals surface area contributed by atoms with Gasteiger partial charge in [0.15, 0.2) is 18.2 Å². The highest BCUT2D eigenvalue weighted by Gasteiger charge is 2.35. The van der Waals surface area contributed by atoms with E-state index in [0.29, 0.717) is 10.8 Å². The van der Waals surface area contributed by atoms with Gasteiger partial charge in [0.05, 0.1) is 11.1 Å². The van der Waals surface area contributed by atoms with Crippen LogP contribution in [0, 0.1) is 0 Å². The predicted molar refractivity (Wildman–Crippen MR) is 117 cm³/mol. The van der Waals surface area contributed by atoms with E-state index < -0.39 is 41.7 Å². The zero-order valence-corrected chi connectivity index (χ0v) is 18.2. The second-order valence-corrected chi connectivity index (χ2v) is 7.83. The Labute approximate surface area is 189 Å². The first-order valence-corrected chi connectivity index (χ1v) is 10.1. The molecule has 0 amide bonds. The topological polar surface area (TPSA) is 110 Å². The summed E-state index contributed by atoms with van der Waals surface area (Å²) in [5.74, 6) is -2.63. The summed E-state index contributed by atoms with van der Waals surface area (Å²) in [6.45, 7) is 3.23. The number of esters is 1. The molecule has 0 saturated heterocycles. The summed E-state index contributed by atoms with van der Waals surface area (Å²) in [5, 5.41) is 20.6. The molecule has 0 spiro atoms. The summed E-state index contributed by atoms with van der Waals surface area (Å²) in [6, 6.07) is 8.73. The first-order valence-electron chi connectivity index (χ1n) is 9.74. The molecule has 7 nitrogen and oxygen atoms in total. The van der Waals surface area contributed by atoms with Crippen LogP contribution in [0.5, 0.6) is 17.2 Å². The third-order valence-electron chi connectivity index (χ3n) is 4.70. The number of carbonyl (C=O) groups excluding carboxylic acids is 3. The molecular weight excluding hydrogens is 436 g/mol. The predicted octanol–water partition coefficient (Wildman–Crippen LogP) is 4.40. The first kappa shape index (κ1) is 23.1. The largest absolute Gasteiger partial charge is 0.507 e. The van der Waals surface area contributed by atoms with Gasteiger partial charge in [-0.25, -0.2) is 4.79 Å². The summed E-state index contributed by atoms with van der Waals surface area (Å²) < 4.78 is 10.9. The van der Waals surface area contributed by atoms with Crippen LogP contribution in [0.3, 0.4) is 0 Å². The number of ketones is 2. The number of allylic oxidation sites excluding steroid dienone is 2. The number of Topliss-reactive ketones (excluding diaryl/α,β-unsaturated/α-hetero) is 1. The fourth-order valence-corrected chi connectivity index (χ4v) is 3.38. The molecule has 3 rings (SSSR count). The van der Waals surface area contributed by atoms with Crippen molar-refractivity contribution in [3.8, 4) is 17.2 Å². The number of aromatic hydroxyl groups is 2. The lowest BCUT2D eigenvalue weighted by atomic mass is 9.85. The Bertz CT molecular complexity index is 1140. The maximum atomic E-state index is 13.1. The van der Waals surface area contributed by atoms with E-state index in [4.69, 9.17) is 21.1 Å². The minimum Gasteiger partial charge on any atom is -0.507 e. The molecule has 0 fully saturated rings. The zero-order valence-electron chi connectivity index (χ0n) is 17.4. The van der Waals surface area contributed by atoms with Gasteiger partial charge in [-0.15, -0.1) is 0 Å². The Kier molecular flexibility index (Phi) is 7.00. The number of halogens is 1. The fourth-order valence-electron chi connectivity index (χ4n) is 3.20. The number of ether oxygens (including phenoxy) is 2. The molecule has 1 atom stereocenters. The van der Waals surface area contributed by atoms with Crippen LogP contribution < -0.4 is 4.74 Å². The minimum atomic E-state index is -1.09. The molecule has 0 bridgehead atoms. The number of hydrogen-bond acceptors (Lipinski definition) is 7. The molecule has 2 aromatic carbocycles. The van der Waals surface area contributed by atoms with Gasteiger partial charge >= 0.3 is 5.97 Å². The lowest BCUT2D eigenvalue weighted by molar-refractivity contribution is -0.149. The van der Waals surface area contributed by atoms with Gasteiger partial charge in [0.25, 0.3) is 0 Å². The number of fused-ring (bicyclic) bond motifs is 1. The maximum Gasteiger partial charge on any atom is 0.344 e. The highest BCUT2D eigenvalue weighted by molar-refractivity contribution is 6.30. The molecule has 0 unspecified atom stereocenters. The van der Waals surface area contributed by atoms with Gasteiger partial charge < -0.3 is 19.7 Å². The van der Waals surface area contributed by atoms with E-state index in [1.54, 1.807) is 24.3 Å². The van der Waals surface area contributed by atoms with Crippen molar-refractivity contribution in [3.63, 3.8) is 0 Å². The number of carbonyl (C=O) groups is 3. The molecule has 0 heterocycles. The van der Waals surface area contributed by atoms with Gasteiger partial charge in [-0.2, -0.15) is 0 Å². The van der Waals surface area contributed by atoms with Crippen molar-refractivity contribution in [1.29, 1.82) is 0 Å². The van der Waals surface area contributed by atoms with Gasteiger partial charge in [-0.3, -0.25) is 9.59 Å². The van der Waals surface area contributed by atoms with Gasteiger partial charge in [-0.05, 0) is 50.3 Å².